The van der Waals surface area contributed by atoms with E-state index in [2.05, 4.69) is 16.0 Å². The summed E-state index contributed by atoms with van der Waals surface area (Å²) in [6, 6.07) is 7.40. The maximum absolute atomic E-state index is 12.4. The zero-order valence-electron chi connectivity index (χ0n) is 16.7. The second-order valence-corrected chi connectivity index (χ2v) is 7.02. The number of nitrogens with zero attached hydrogens (tertiary/aromatic N) is 1. The van der Waals surface area contributed by atoms with E-state index in [0.717, 1.165) is 5.56 Å². The third kappa shape index (κ3) is 6.87. The number of hydrogen-bond donors (Lipinski definition) is 4. The Hall–Kier alpha value is -3.43. The van der Waals surface area contributed by atoms with Crippen LogP contribution in [0.3, 0.4) is 0 Å². The third-order valence-corrected chi connectivity index (χ3v) is 4.69. The highest BCUT2D eigenvalue weighted by Gasteiger charge is 2.33. The van der Waals surface area contributed by atoms with Crippen molar-refractivity contribution in [3.05, 3.63) is 35.9 Å². The van der Waals surface area contributed by atoms with Crippen LogP contribution in [-0.2, 0) is 30.4 Å². The molecule has 4 N–H and O–H groups in total. The first-order valence-electron chi connectivity index (χ1n) is 9.65. The number of likely N-dealkylation sites (tertiary alicyclic amines) is 1. The molecule has 2 atom stereocenters. The van der Waals surface area contributed by atoms with Gasteiger partial charge in [-0.05, 0) is 18.4 Å². The summed E-state index contributed by atoms with van der Waals surface area (Å²) in [6.45, 7) is 0.906. The van der Waals surface area contributed by atoms with Crippen molar-refractivity contribution in [3.63, 3.8) is 0 Å². The molecule has 1 aliphatic rings. The average molecular weight is 418 g/mol. The van der Waals surface area contributed by atoms with Crippen LogP contribution in [-0.4, -0.2) is 71.3 Å². The zero-order chi connectivity index (χ0) is 22.1. The van der Waals surface area contributed by atoms with E-state index in [9.17, 15) is 24.0 Å². The monoisotopic (exact) mass is 418 g/mol. The molecule has 0 spiro atoms. The van der Waals surface area contributed by atoms with Gasteiger partial charge in [0.15, 0.2) is 0 Å². The molecule has 1 aromatic rings. The molecule has 10 heteroatoms. The molecule has 0 saturated carbocycles. The minimum Gasteiger partial charge on any atom is -0.480 e. The van der Waals surface area contributed by atoms with Crippen molar-refractivity contribution in [1.82, 2.24) is 20.9 Å². The van der Waals surface area contributed by atoms with Gasteiger partial charge in [-0.15, -0.1) is 0 Å². The predicted molar refractivity (Wildman–Crippen MR) is 106 cm³/mol. The number of carboxylic acids is 1. The van der Waals surface area contributed by atoms with E-state index in [1.807, 2.05) is 30.3 Å². The van der Waals surface area contributed by atoms with E-state index in [4.69, 9.17) is 5.11 Å². The van der Waals surface area contributed by atoms with Crippen LogP contribution in [0.15, 0.2) is 30.3 Å². The first-order valence-corrected chi connectivity index (χ1v) is 9.65. The molecule has 1 fully saturated rings. The molecule has 0 aromatic heterocycles. The van der Waals surface area contributed by atoms with Gasteiger partial charge in [0.05, 0.1) is 13.1 Å². The van der Waals surface area contributed by atoms with Gasteiger partial charge < -0.3 is 26.0 Å². The lowest BCUT2D eigenvalue weighted by atomic mass is 10.1. The van der Waals surface area contributed by atoms with Gasteiger partial charge in [-0.3, -0.25) is 19.2 Å². The minimum atomic E-state index is -1.07. The fraction of sp³-hybridized carbons (Fsp3) is 0.450. The Kier molecular flexibility index (Phi) is 8.33. The van der Waals surface area contributed by atoms with Crippen LogP contribution in [0.4, 0.5) is 0 Å². The minimum absolute atomic E-state index is 0.262. The number of carbonyl (C=O) groups is 5. The SMILES string of the molecule is CC(=O)N[C@@H](Cc1ccccc1)C(=O)NCC(=O)NCC(=O)N1CCC[C@H]1C(=O)O. The Morgan fingerprint density at radius 3 is 2.43 bits per heavy atom. The molecule has 0 bridgehead atoms. The topological polar surface area (TPSA) is 145 Å². The number of hydrogen-bond acceptors (Lipinski definition) is 5. The van der Waals surface area contributed by atoms with Gasteiger partial charge in [0, 0.05) is 19.9 Å². The van der Waals surface area contributed by atoms with Crippen molar-refractivity contribution >= 4 is 29.6 Å². The summed E-state index contributed by atoms with van der Waals surface area (Å²) >= 11 is 0. The summed E-state index contributed by atoms with van der Waals surface area (Å²) in [5.41, 5.74) is 0.847. The van der Waals surface area contributed by atoms with Crippen molar-refractivity contribution < 1.29 is 29.1 Å². The molecule has 1 aromatic carbocycles. The maximum atomic E-state index is 12.4. The number of rotatable bonds is 9. The van der Waals surface area contributed by atoms with E-state index in [0.29, 0.717) is 19.4 Å². The summed E-state index contributed by atoms with van der Waals surface area (Å²) in [5, 5.41) is 16.5. The van der Waals surface area contributed by atoms with Gasteiger partial charge in [-0.1, -0.05) is 30.3 Å². The highest BCUT2D eigenvalue weighted by Crippen LogP contribution is 2.17. The van der Waals surface area contributed by atoms with Gasteiger partial charge in [-0.25, -0.2) is 4.79 Å². The molecule has 1 aliphatic heterocycles. The molecule has 4 amide bonds. The van der Waals surface area contributed by atoms with Crippen molar-refractivity contribution in [3.8, 4) is 0 Å². The van der Waals surface area contributed by atoms with Crippen molar-refractivity contribution in [2.24, 2.45) is 0 Å². The Morgan fingerprint density at radius 1 is 1.10 bits per heavy atom. The Labute approximate surface area is 174 Å². The number of aliphatic carboxylic acids is 1. The van der Waals surface area contributed by atoms with Crippen LogP contribution >= 0.6 is 0 Å². The summed E-state index contributed by atoms with van der Waals surface area (Å²) in [4.78, 5) is 60.3. The van der Waals surface area contributed by atoms with E-state index < -0.39 is 35.8 Å². The molecular formula is C20H26N4O6. The largest absolute Gasteiger partial charge is 0.480 e. The lowest BCUT2D eigenvalue weighted by Gasteiger charge is -2.21. The van der Waals surface area contributed by atoms with Crippen LogP contribution in [0.25, 0.3) is 0 Å². The molecule has 0 unspecified atom stereocenters. The lowest BCUT2D eigenvalue weighted by Crippen LogP contribution is -2.50. The number of carbonyl (C=O) groups excluding carboxylic acids is 4. The molecule has 0 radical (unpaired) electrons. The predicted octanol–water partition coefficient (Wildman–Crippen LogP) is -0.958. The van der Waals surface area contributed by atoms with Crippen LogP contribution in [0.2, 0.25) is 0 Å². The fourth-order valence-corrected chi connectivity index (χ4v) is 3.26. The van der Waals surface area contributed by atoms with Gasteiger partial charge >= 0.3 is 5.97 Å². The highest BCUT2D eigenvalue weighted by atomic mass is 16.4. The van der Waals surface area contributed by atoms with Crippen LogP contribution in [0, 0.1) is 0 Å². The maximum Gasteiger partial charge on any atom is 0.326 e. The summed E-state index contributed by atoms with van der Waals surface area (Å²) in [7, 11) is 0. The number of nitrogens with one attached hydrogen (secondary N) is 3. The van der Waals surface area contributed by atoms with Crippen LogP contribution in [0.1, 0.15) is 25.3 Å². The van der Waals surface area contributed by atoms with Crippen LogP contribution in [0.5, 0.6) is 0 Å². The Bertz CT molecular complexity index is 798. The van der Waals surface area contributed by atoms with E-state index >= 15 is 0 Å². The fourth-order valence-electron chi connectivity index (χ4n) is 3.26. The van der Waals surface area contributed by atoms with Gasteiger partial charge in [0.2, 0.25) is 23.6 Å². The molecule has 0 aliphatic carbocycles. The van der Waals surface area contributed by atoms with Crippen LogP contribution < -0.4 is 16.0 Å². The average Bonchev–Trinajstić information content (AvgIpc) is 3.20. The van der Waals surface area contributed by atoms with Gasteiger partial charge in [0.1, 0.15) is 12.1 Å². The number of carboxylic acid groups (broad SMARTS) is 1. The molecule has 162 valence electrons. The lowest BCUT2D eigenvalue weighted by molar-refractivity contribution is -0.148. The molecule has 1 heterocycles. The second kappa shape index (κ2) is 10.9. The zero-order valence-corrected chi connectivity index (χ0v) is 16.7. The molecule has 30 heavy (non-hydrogen) atoms. The van der Waals surface area contributed by atoms with E-state index in [1.54, 1.807) is 0 Å². The molecule has 10 nitrogen and oxygen atoms in total. The first-order chi connectivity index (χ1) is 14.3. The molecule has 2 rings (SSSR count). The molecule has 1 saturated heterocycles. The van der Waals surface area contributed by atoms with E-state index in [-0.39, 0.29) is 25.4 Å². The standard InChI is InChI=1S/C20H26N4O6/c1-13(25)23-15(10-14-6-3-2-4-7-14)19(28)22-11-17(26)21-12-18(27)24-9-5-8-16(24)20(29)30/h2-4,6-7,15-16H,5,8-12H2,1H3,(H,21,26)(H,22,28)(H,23,25)(H,29,30)/t15-,16-/m0/s1. The summed E-state index contributed by atoms with van der Waals surface area (Å²) < 4.78 is 0. The smallest absolute Gasteiger partial charge is 0.326 e. The quantitative estimate of drug-likeness (QED) is 0.407. The van der Waals surface area contributed by atoms with Gasteiger partial charge in [-0.2, -0.15) is 0 Å². The summed E-state index contributed by atoms with van der Waals surface area (Å²) in [5.74, 6) is -3.05. The molecular weight excluding hydrogens is 392 g/mol. The summed E-state index contributed by atoms with van der Waals surface area (Å²) in [6.07, 6.45) is 1.24. The Balaban J connectivity index is 1.81. The third-order valence-electron chi connectivity index (χ3n) is 4.69. The second-order valence-electron chi connectivity index (χ2n) is 7.02. The van der Waals surface area contributed by atoms with Gasteiger partial charge in [0.25, 0.3) is 0 Å². The van der Waals surface area contributed by atoms with E-state index in [1.165, 1.54) is 11.8 Å². The Morgan fingerprint density at radius 2 is 1.80 bits per heavy atom. The normalized spacial score (nSPS) is 16.4. The number of amides is 4. The van der Waals surface area contributed by atoms with Crippen molar-refractivity contribution in [2.45, 2.75) is 38.3 Å². The first kappa shape index (κ1) is 22.9. The van der Waals surface area contributed by atoms with Crippen molar-refractivity contribution in [2.75, 3.05) is 19.6 Å². The number of benzene rings is 1. The van der Waals surface area contributed by atoms with Crippen molar-refractivity contribution in [1.29, 1.82) is 0 Å². The highest BCUT2D eigenvalue weighted by molar-refractivity contribution is 5.92.